The van der Waals surface area contributed by atoms with Crippen LogP contribution in [0.5, 0.6) is 0 Å². The van der Waals surface area contributed by atoms with E-state index in [1.54, 1.807) is 32.2 Å². The van der Waals surface area contributed by atoms with Crippen molar-refractivity contribution in [1.29, 1.82) is 0 Å². The Morgan fingerprint density at radius 3 is 2.71 bits per heavy atom. The molecule has 2 N–H and O–H groups in total. The lowest BCUT2D eigenvalue weighted by Gasteiger charge is -2.15. The highest BCUT2D eigenvalue weighted by Gasteiger charge is 2.15. The van der Waals surface area contributed by atoms with Crippen LogP contribution < -0.4 is 10.6 Å². The molecular weight excluding hydrogens is 293 g/mol. The molecule has 2 aromatic rings. The summed E-state index contributed by atoms with van der Waals surface area (Å²) in [5.41, 5.74) is 0.749. The summed E-state index contributed by atoms with van der Waals surface area (Å²) in [4.78, 5) is 16.2. The lowest BCUT2D eigenvalue weighted by Crippen LogP contribution is -2.27. The summed E-state index contributed by atoms with van der Waals surface area (Å²) < 4.78 is 13.7. The monoisotopic (exact) mass is 307 g/mol. The molecule has 1 atom stereocenters. The third kappa shape index (κ3) is 3.49. The second-order valence-corrected chi connectivity index (χ2v) is 4.93. The van der Waals surface area contributed by atoms with Crippen molar-refractivity contribution in [3.8, 4) is 0 Å². The van der Waals surface area contributed by atoms with Gasteiger partial charge in [-0.2, -0.15) is 0 Å². The second-order valence-electron chi connectivity index (χ2n) is 4.52. The third-order valence-electron chi connectivity index (χ3n) is 3.06. The second kappa shape index (κ2) is 6.54. The van der Waals surface area contributed by atoms with Crippen LogP contribution in [0.4, 0.5) is 10.2 Å². The van der Waals surface area contributed by atoms with Crippen molar-refractivity contribution in [3.05, 3.63) is 58.5 Å². The molecule has 6 heteroatoms. The molecule has 0 bridgehead atoms. The fraction of sp³-hybridized carbons (Fsp3) is 0.200. The molecule has 1 heterocycles. The lowest BCUT2D eigenvalue weighted by molar-refractivity contribution is 0.0939. The van der Waals surface area contributed by atoms with Crippen LogP contribution in [0.25, 0.3) is 0 Å². The number of benzene rings is 1. The molecule has 110 valence electrons. The number of anilines is 1. The maximum atomic E-state index is 13.7. The van der Waals surface area contributed by atoms with E-state index in [9.17, 15) is 9.18 Å². The first-order chi connectivity index (χ1) is 10.0. The maximum Gasteiger partial charge on any atom is 0.253 e. The highest BCUT2D eigenvalue weighted by atomic mass is 35.5. The van der Waals surface area contributed by atoms with E-state index in [2.05, 4.69) is 15.6 Å². The molecule has 0 radical (unpaired) electrons. The SMILES string of the molecule is CNc1ncc(C(=O)NC(C)c2ccccc2F)cc1Cl. The highest BCUT2D eigenvalue weighted by molar-refractivity contribution is 6.33. The van der Waals surface area contributed by atoms with Crippen molar-refractivity contribution in [1.82, 2.24) is 10.3 Å². The van der Waals surface area contributed by atoms with Gasteiger partial charge in [0.2, 0.25) is 0 Å². The molecule has 0 aliphatic heterocycles. The molecule has 1 unspecified atom stereocenters. The van der Waals surface area contributed by atoms with Crippen LogP contribution in [0.3, 0.4) is 0 Å². The van der Waals surface area contributed by atoms with Crippen LogP contribution in [0.1, 0.15) is 28.9 Å². The van der Waals surface area contributed by atoms with Crippen LogP contribution in [-0.2, 0) is 0 Å². The van der Waals surface area contributed by atoms with Gasteiger partial charge in [-0.3, -0.25) is 4.79 Å². The molecule has 0 saturated carbocycles. The van der Waals surface area contributed by atoms with E-state index in [4.69, 9.17) is 11.6 Å². The Morgan fingerprint density at radius 1 is 1.38 bits per heavy atom. The van der Waals surface area contributed by atoms with Gasteiger partial charge in [-0.15, -0.1) is 0 Å². The highest BCUT2D eigenvalue weighted by Crippen LogP contribution is 2.21. The fourth-order valence-corrected chi connectivity index (χ4v) is 2.19. The van der Waals surface area contributed by atoms with Crippen molar-refractivity contribution in [2.24, 2.45) is 0 Å². The van der Waals surface area contributed by atoms with Gasteiger partial charge in [0.25, 0.3) is 5.91 Å². The van der Waals surface area contributed by atoms with Crippen molar-refractivity contribution < 1.29 is 9.18 Å². The Hall–Kier alpha value is -2.14. The summed E-state index contributed by atoms with van der Waals surface area (Å²) in [5.74, 6) is -0.217. The number of hydrogen-bond donors (Lipinski definition) is 2. The summed E-state index contributed by atoms with van der Waals surface area (Å²) in [6, 6.07) is 7.38. The van der Waals surface area contributed by atoms with Gasteiger partial charge in [-0.25, -0.2) is 9.37 Å². The molecule has 2 rings (SSSR count). The van der Waals surface area contributed by atoms with E-state index in [0.717, 1.165) is 0 Å². The zero-order chi connectivity index (χ0) is 15.4. The first-order valence-corrected chi connectivity index (χ1v) is 6.79. The molecule has 1 amide bonds. The number of nitrogens with one attached hydrogen (secondary N) is 2. The van der Waals surface area contributed by atoms with Gasteiger partial charge in [-0.05, 0) is 19.1 Å². The average molecular weight is 308 g/mol. The average Bonchev–Trinajstić information content (AvgIpc) is 2.47. The number of halogens is 2. The number of pyridine rings is 1. The van der Waals surface area contributed by atoms with Gasteiger partial charge in [0.1, 0.15) is 11.6 Å². The predicted molar refractivity (Wildman–Crippen MR) is 81.1 cm³/mol. The van der Waals surface area contributed by atoms with Crippen LogP contribution >= 0.6 is 11.6 Å². The van der Waals surface area contributed by atoms with Gasteiger partial charge in [0, 0.05) is 18.8 Å². The lowest BCUT2D eigenvalue weighted by atomic mass is 10.1. The molecule has 0 saturated heterocycles. The largest absolute Gasteiger partial charge is 0.372 e. The summed E-state index contributed by atoms with van der Waals surface area (Å²) in [7, 11) is 1.69. The number of aromatic nitrogens is 1. The van der Waals surface area contributed by atoms with Crippen LogP contribution in [-0.4, -0.2) is 17.9 Å². The van der Waals surface area contributed by atoms with Gasteiger partial charge < -0.3 is 10.6 Å². The minimum absolute atomic E-state index is 0.321. The minimum Gasteiger partial charge on any atom is -0.372 e. The zero-order valence-electron chi connectivity index (χ0n) is 11.7. The number of rotatable bonds is 4. The molecule has 0 aliphatic carbocycles. The number of nitrogens with zero attached hydrogens (tertiary/aromatic N) is 1. The topological polar surface area (TPSA) is 54.0 Å². The van der Waals surface area contributed by atoms with E-state index in [1.165, 1.54) is 18.3 Å². The molecular formula is C15H15ClFN3O. The molecule has 1 aromatic heterocycles. The molecule has 0 fully saturated rings. The number of hydrogen-bond acceptors (Lipinski definition) is 3. The molecule has 0 aliphatic rings. The minimum atomic E-state index is -0.457. The van der Waals surface area contributed by atoms with Gasteiger partial charge >= 0.3 is 0 Å². The summed E-state index contributed by atoms with van der Waals surface area (Å²) in [5, 5.41) is 5.88. The first-order valence-electron chi connectivity index (χ1n) is 6.41. The number of carbonyl (C=O) groups is 1. The number of carbonyl (C=O) groups excluding carboxylic acids is 1. The third-order valence-corrected chi connectivity index (χ3v) is 3.35. The van der Waals surface area contributed by atoms with Gasteiger partial charge in [0.05, 0.1) is 16.6 Å². The van der Waals surface area contributed by atoms with Crippen LogP contribution in [0.2, 0.25) is 5.02 Å². The van der Waals surface area contributed by atoms with Crippen molar-refractivity contribution in [3.63, 3.8) is 0 Å². The van der Waals surface area contributed by atoms with Crippen LogP contribution in [0, 0.1) is 5.82 Å². The smallest absolute Gasteiger partial charge is 0.253 e. The Labute approximate surface area is 127 Å². The number of amides is 1. The fourth-order valence-electron chi connectivity index (χ4n) is 1.93. The Bertz CT molecular complexity index is 663. The van der Waals surface area contributed by atoms with Crippen molar-refractivity contribution in [2.45, 2.75) is 13.0 Å². The quantitative estimate of drug-likeness (QED) is 0.910. The summed E-state index contributed by atoms with van der Waals surface area (Å²) in [6.07, 6.45) is 1.42. The Morgan fingerprint density at radius 2 is 2.10 bits per heavy atom. The van der Waals surface area contributed by atoms with E-state index in [-0.39, 0.29) is 11.7 Å². The first kappa shape index (κ1) is 15.3. The summed E-state index contributed by atoms with van der Waals surface area (Å²) in [6.45, 7) is 1.72. The molecule has 21 heavy (non-hydrogen) atoms. The normalized spacial score (nSPS) is 11.8. The van der Waals surface area contributed by atoms with Crippen molar-refractivity contribution in [2.75, 3.05) is 12.4 Å². The Kier molecular flexibility index (Phi) is 4.75. The Balaban J connectivity index is 2.14. The zero-order valence-corrected chi connectivity index (χ0v) is 12.4. The van der Waals surface area contributed by atoms with E-state index < -0.39 is 6.04 Å². The van der Waals surface area contributed by atoms with E-state index in [1.807, 2.05) is 0 Å². The van der Waals surface area contributed by atoms with E-state index >= 15 is 0 Å². The summed E-state index contributed by atoms with van der Waals surface area (Å²) >= 11 is 5.99. The molecule has 4 nitrogen and oxygen atoms in total. The van der Waals surface area contributed by atoms with Crippen LogP contribution in [0.15, 0.2) is 36.5 Å². The molecule has 1 aromatic carbocycles. The van der Waals surface area contributed by atoms with Gasteiger partial charge in [-0.1, -0.05) is 29.8 Å². The van der Waals surface area contributed by atoms with Crippen molar-refractivity contribution >= 4 is 23.3 Å². The van der Waals surface area contributed by atoms with Gasteiger partial charge in [0.15, 0.2) is 0 Å². The molecule has 0 spiro atoms. The predicted octanol–water partition coefficient (Wildman–Crippen LogP) is 3.41. The van der Waals surface area contributed by atoms with E-state index in [0.29, 0.717) is 22.0 Å². The standard InChI is InChI=1S/C15H15ClFN3O/c1-9(11-5-3-4-6-13(11)17)20-15(21)10-7-12(16)14(18-2)19-8-10/h3-9H,1-2H3,(H,18,19)(H,20,21). The maximum absolute atomic E-state index is 13.7.